The Morgan fingerprint density at radius 1 is 1.41 bits per heavy atom. The maximum Gasteiger partial charge on any atom is 0.257 e. The Morgan fingerprint density at radius 2 is 2.14 bits per heavy atom. The van der Waals surface area contributed by atoms with Crippen LogP contribution in [0.2, 0.25) is 0 Å². The molecule has 3 rings (SSSR count). The maximum atomic E-state index is 13.0. The summed E-state index contributed by atoms with van der Waals surface area (Å²) in [7, 11) is 4.05. The minimum absolute atomic E-state index is 0.0826. The van der Waals surface area contributed by atoms with Crippen LogP contribution >= 0.6 is 0 Å². The van der Waals surface area contributed by atoms with Gasteiger partial charge in [0, 0.05) is 31.4 Å². The smallest absolute Gasteiger partial charge is 0.257 e. The van der Waals surface area contributed by atoms with Crippen LogP contribution in [0.15, 0.2) is 12.4 Å². The Balaban J connectivity index is 1.86. The minimum atomic E-state index is 0.0826. The summed E-state index contributed by atoms with van der Waals surface area (Å²) in [6, 6.07) is 0.490. The second kappa shape index (κ2) is 6.03. The highest BCUT2D eigenvalue weighted by atomic mass is 16.2. The van der Waals surface area contributed by atoms with E-state index in [2.05, 4.69) is 28.9 Å². The van der Waals surface area contributed by atoms with Gasteiger partial charge >= 0.3 is 0 Å². The van der Waals surface area contributed by atoms with Crippen LogP contribution in [0.3, 0.4) is 0 Å². The lowest BCUT2D eigenvalue weighted by Gasteiger charge is -2.41. The van der Waals surface area contributed by atoms with Gasteiger partial charge in [-0.2, -0.15) is 5.10 Å². The predicted octanol–water partition coefficient (Wildman–Crippen LogP) is 2.29. The molecule has 2 heterocycles. The highest BCUT2D eigenvalue weighted by Crippen LogP contribution is 2.43. The quantitative estimate of drug-likeness (QED) is 0.860. The van der Waals surface area contributed by atoms with E-state index in [-0.39, 0.29) is 11.4 Å². The first-order valence-corrected chi connectivity index (χ1v) is 8.56. The normalized spacial score (nSPS) is 24.4. The van der Waals surface area contributed by atoms with Gasteiger partial charge in [0.25, 0.3) is 5.91 Å². The van der Waals surface area contributed by atoms with Gasteiger partial charge in [-0.25, -0.2) is 0 Å². The second-order valence-corrected chi connectivity index (χ2v) is 7.03. The number of nitrogens with zero attached hydrogens (tertiary/aromatic N) is 4. The average Bonchev–Trinajstić information content (AvgIpc) is 3.11. The Kier molecular flexibility index (Phi) is 4.26. The number of rotatable bonds is 3. The molecular weight excluding hydrogens is 276 g/mol. The number of hydrogen-bond donors (Lipinski definition) is 0. The largest absolute Gasteiger partial charge is 0.331 e. The van der Waals surface area contributed by atoms with E-state index in [1.165, 1.54) is 19.3 Å². The summed E-state index contributed by atoms with van der Waals surface area (Å²) in [6.45, 7) is 4.09. The zero-order chi connectivity index (χ0) is 15.7. The predicted molar refractivity (Wildman–Crippen MR) is 86.8 cm³/mol. The standard InChI is InChI=1S/C17H28N4O/c1-4-19(2)15-10-17(8-6-5-7-9-17)21(13-15)16(22)14-11-18-20(3)12-14/h11-12,15H,4-10,13H2,1-3H3/t15-/m0/s1. The van der Waals surface area contributed by atoms with Gasteiger partial charge in [-0.1, -0.05) is 26.2 Å². The second-order valence-electron chi connectivity index (χ2n) is 7.03. The van der Waals surface area contributed by atoms with E-state index in [0.29, 0.717) is 6.04 Å². The molecule has 1 aliphatic heterocycles. The van der Waals surface area contributed by atoms with Crippen molar-refractivity contribution in [3.63, 3.8) is 0 Å². The molecular formula is C17H28N4O. The molecule has 1 saturated carbocycles. The van der Waals surface area contributed by atoms with Crippen LogP contribution in [0.1, 0.15) is 55.8 Å². The van der Waals surface area contributed by atoms with Crippen LogP contribution in [-0.4, -0.2) is 57.2 Å². The van der Waals surface area contributed by atoms with E-state index < -0.39 is 0 Å². The van der Waals surface area contributed by atoms with Crippen LogP contribution in [0, 0.1) is 0 Å². The topological polar surface area (TPSA) is 41.4 Å². The van der Waals surface area contributed by atoms with Crippen molar-refractivity contribution in [2.24, 2.45) is 7.05 Å². The molecule has 1 atom stereocenters. The minimum Gasteiger partial charge on any atom is -0.331 e. The van der Waals surface area contributed by atoms with Crippen molar-refractivity contribution in [3.8, 4) is 0 Å². The molecule has 22 heavy (non-hydrogen) atoms. The van der Waals surface area contributed by atoms with Crippen LogP contribution in [0.25, 0.3) is 0 Å². The fourth-order valence-electron chi connectivity index (χ4n) is 4.24. The van der Waals surface area contributed by atoms with E-state index in [1.54, 1.807) is 10.9 Å². The van der Waals surface area contributed by atoms with E-state index in [9.17, 15) is 4.79 Å². The third kappa shape index (κ3) is 2.67. The van der Waals surface area contributed by atoms with Crippen molar-refractivity contribution in [1.82, 2.24) is 19.6 Å². The third-order valence-corrected chi connectivity index (χ3v) is 5.68. The van der Waals surface area contributed by atoms with Gasteiger partial charge in [0.05, 0.1) is 11.8 Å². The number of aryl methyl sites for hydroxylation is 1. The molecule has 1 amide bonds. The van der Waals surface area contributed by atoms with Crippen LogP contribution in [0.4, 0.5) is 0 Å². The summed E-state index contributed by atoms with van der Waals surface area (Å²) in [6.07, 6.45) is 10.8. The van der Waals surface area contributed by atoms with Crippen LogP contribution in [-0.2, 0) is 7.05 Å². The number of aromatic nitrogens is 2. The van der Waals surface area contributed by atoms with Gasteiger partial charge in [0.2, 0.25) is 0 Å². The van der Waals surface area contributed by atoms with E-state index >= 15 is 0 Å². The number of likely N-dealkylation sites (tertiary alicyclic amines) is 1. The molecule has 1 aliphatic carbocycles. The molecule has 1 aromatic rings. The lowest BCUT2D eigenvalue weighted by Crippen LogP contribution is -2.48. The molecule has 122 valence electrons. The molecule has 1 aromatic heterocycles. The summed E-state index contributed by atoms with van der Waals surface area (Å²) >= 11 is 0. The zero-order valence-corrected chi connectivity index (χ0v) is 14.1. The Morgan fingerprint density at radius 3 is 2.73 bits per heavy atom. The lowest BCUT2D eigenvalue weighted by molar-refractivity contribution is 0.0499. The highest BCUT2D eigenvalue weighted by Gasteiger charge is 2.49. The lowest BCUT2D eigenvalue weighted by atomic mass is 9.79. The van der Waals surface area contributed by atoms with Gasteiger partial charge in [-0.15, -0.1) is 0 Å². The van der Waals surface area contributed by atoms with Crippen molar-refractivity contribution in [3.05, 3.63) is 18.0 Å². The number of likely N-dealkylation sites (N-methyl/N-ethyl adjacent to an activating group) is 1. The average molecular weight is 304 g/mol. The SMILES string of the molecule is CCN(C)[C@@H]1CN(C(=O)c2cnn(C)c2)C2(CCCCC2)C1. The summed E-state index contributed by atoms with van der Waals surface area (Å²) in [5.74, 6) is 0.169. The molecule has 2 aliphatic rings. The van der Waals surface area contributed by atoms with Crippen molar-refractivity contribution in [1.29, 1.82) is 0 Å². The van der Waals surface area contributed by atoms with E-state index in [4.69, 9.17) is 0 Å². The zero-order valence-electron chi connectivity index (χ0n) is 14.1. The summed E-state index contributed by atoms with van der Waals surface area (Å²) < 4.78 is 1.71. The van der Waals surface area contributed by atoms with E-state index in [1.807, 2.05) is 13.2 Å². The molecule has 0 aromatic carbocycles. The highest BCUT2D eigenvalue weighted by molar-refractivity contribution is 5.94. The molecule has 0 N–H and O–H groups in total. The fraction of sp³-hybridized carbons (Fsp3) is 0.765. The molecule has 2 fully saturated rings. The first-order valence-electron chi connectivity index (χ1n) is 8.56. The first kappa shape index (κ1) is 15.5. The van der Waals surface area contributed by atoms with Gasteiger partial charge in [0.1, 0.15) is 0 Å². The first-order chi connectivity index (χ1) is 10.6. The summed E-state index contributed by atoms with van der Waals surface area (Å²) in [4.78, 5) is 17.6. The molecule has 0 radical (unpaired) electrons. The number of hydrogen-bond acceptors (Lipinski definition) is 3. The number of amides is 1. The van der Waals surface area contributed by atoms with Crippen molar-refractivity contribution in [2.75, 3.05) is 20.1 Å². The summed E-state index contributed by atoms with van der Waals surface area (Å²) in [5, 5.41) is 4.17. The molecule has 5 heteroatoms. The Bertz CT molecular complexity index is 533. The molecule has 1 spiro atoms. The Labute approximate surface area is 133 Å². The van der Waals surface area contributed by atoms with Gasteiger partial charge in [-0.3, -0.25) is 9.48 Å². The molecule has 0 unspecified atom stereocenters. The monoisotopic (exact) mass is 304 g/mol. The van der Waals surface area contributed by atoms with Gasteiger partial charge in [-0.05, 0) is 32.9 Å². The summed E-state index contributed by atoms with van der Waals surface area (Å²) in [5.41, 5.74) is 0.812. The molecule has 0 bridgehead atoms. The number of carbonyl (C=O) groups is 1. The molecule has 5 nitrogen and oxygen atoms in total. The van der Waals surface area contributed by atoms with Crippen molar-refractivity contribution >= 4 is 5.91 Å². The third-order valence-electron chi connectivity index (χ3n) is 5.68. The van der Waals surface area contributed by atoms with Crippen molar-refractivity contribution < 1.29 is 4.79 Å². The fourth-order valence-corrected chi connectivity index (χ4v) is 4.24. The van der Waals surface area contributed by atoms with Gasteiger partial charge < -0.3 is 9.80 Å². The maximum absolute atomic E-state index is 13.0. The number of carbonyl (C=O) groups excluding carboxylic acids is 1. The van der Waals surface area contributed by atoms with Crippen molar-refractivity contribution in [2.45, 2.75) is 57.0 Å². The van der Waals surface area contributed by atoms with Gasteiger partial charge in [0.15, 0.2) is 0 Å². The van der Waals surface area contributed by atoms with Crippen LogP contribution in [0.5, 0.6) is 0 Å². The van der Waals surface area contributed by atoms with Crippen LogP contribution < -0.4 is 0 Å². The van der Waals surface area contributed by atoms with E-state index in [0.717, 1.165) is 37.9 Å². The molecule has 1 saturated heterocycles. The Hall–Kier alpha value is -1.36.